The highest BCUT2D eigenvalue weighted by molar-refractivity contribution is 7.17. The van der Waals surface area contributed by atoms with Gasteiger partial charge < -0.3 is 24.6 Å². The summed E-state index contributed by atoms with van der Waals surface area (Å²) in [6.07, 6.45) is 2.91. The van der Waals surface area contributed by atoms with Crippen LogP contribution in [0.4, 0.5) is 11.4 Å². The van der Waals surface area contributed by atoms with Crippen molar-refractivity contribution in [2.24, 2.45) is 18.0 Å². The van der Waals surface area contributed by atoms with E-state index in [1.54, 1.807) is 37.4 Å². The summed E-state index contributed by atoms with van der Waals surface area (Å²) in [6.45, 7) is 7.22. The topological polar surface area (TPSA) is 181 Å². The highest BCUT2D eigenvalue weighted by Crippen LogP contribution is 2.40. The minimum Gasteiger partial charge on any atom is -0.494 e. The molecule has 1 aliphatic carbocycles. The van der Waals surface area contributed by atoms with Gasteiger partial charge in [-0.15, -0.1) is 10.2 Å². The molecule has 2 N–H and O–H groups in total. The lowest BCUT2D eigenvalue weighted by Gasteiger charge is -2.28. The Balaban J connectivity index is 1.49. The lowest BCUT2D eigenvalue weighted by Crippen LogP contribution is -2.30. The number of para-hydroxylation sites is 1. The van der Waals surface area contributed by atoms with Gasteiger partial charge in [-0.25, -0.2) is 4.57 Å². The van der Waals surface area contributed by atoms with Gasteiger partial charge in [0.1, 0.15) is 11.2 Å². The van der Waals surface area contributed by atoms with Crippen LogP contribution < -0.4 is 25.4 Å². The van der Waals surface area contributed by atoms with Crippen molar-refractivity contribution in [2.75, 3.05) is 19.5 Å². The van der Waals surface area contributed by atoms with E-state index in [1.807, 2.05) is 33.8 Å². The van der Waals surface area contributed by atoms with Crippen LogP contribution in [0.1, 0.15) is 60.2 Å². The van der Waals surface area contributed by atoms with E-state index >= 15 is 0 Å². The van der Waals surface area contributed by atoms with Crippen LogP contribution in [0, 0.1) is 19.8 Å². The Kier molecular flexibility index (Phi) is 10.8. The molecule has 16 heteroatoms. The number of nitrogens with one attached hydrogen (secondary N) is 2. The third-order valence-electron chi connectivity index (χ3n) is 8.21. The first-order chi connectivity index (χ1) is 23.8. The Morgan fingerprint density at radius 3 is 2.52 bits per heavy atom. The van der Waals surface area contributed by atoms with Crippen molar-refractivity contribution in [1.82, 2.24) is 30.1 Å². The molecule has 0 saturated heterocycles. The summed E-state index contributed by atoms with van der Waals surface area (Å²) in [5.41, 5.74) is 3.50. The predicted molar refractivity (Wildman–Crippen MR) is 183 cm³/mol. The molecule has 1 aliphatic rings. The van der Waals surface area contributed by atoms with Crippen molar-refractivity contribution in [3.63, 3.8) is 0 Å². The number of carbonyl (C=O) groups is 3. The van der Waals surface area contributed by atoms with Crippen LogP contribution in [0.25, 0.3) is 11.4 Å². The van der Waals surface area contributed by atoms with E-state index in [4.69, 9.17) is 14.0 Å². The molecule has 1 fully saturated rings. The zero-order valence-electron chi connectivity index (χ0n) is 28.9. The molecule has 15 nitrogen and oxygen atoms in total. The maximum atomic E-state index is 13.3. The standard InChI is InChI=1S/C34H39N8O7P/c1-19-13-20(2)29(26(14-19)49-50-46)34(3,4)16-28(43)48-18-42-17-23(33(45)35-5)25(15-27(42)37-32(44)21-11-12-21)36-24-10-8-9-22(30(24)47-7)31-38-40-41(6)39-31/h8-10,13-15,17,21,36H,11-12,16,18H2,1-7H3,(H,35,45)/b37-27+. The summed E-state index contributed by atoms with van der Waals surface area (Å²) in [5.74, 6) is -0.322. The maximum Gasteiger partial charge on any atom is 0.395 e. The third-order valence-corrected chi connectivity index (χ3v) is 8.48. The molecule has 1 saturated carbocycles. The van der Waals surface area contributed by atoms with Crippen LogP contribution in [-0.4, -0.2) is 56.7 Å². The highest BCUT2D eigenvalue weighted by atomic mass is 31.1. The minimum atomic E-state index is -0.760. The zero-order valence-corrected chi connectivity index (χ0v) is 29.8. The van der Waals surface area contributed by atoms with Gasteiger partial charge in [0.15, 0.2) is 12.5 Å². The van der Waals surface area contributed by atoms with Gasteiger partial charge in [-0.2, -0.15) is 9.79 Å². The van der Waals surface area contributed by atoms with E-state index in [2.05, 4.69) is 31.0 Å². The van der Waals surface area contributed by atoms with Gasteiger partial charge in [-0.05, 0) is 61.2 Å². The summed E-state index contributed by atoms with van der Waals surface area (Å²) >= 11 is 0. The van der Waals surface area contributed by atoms with Crippen LogP contribution in [0.2, 0.25) is 0 Å². The number of anilines is 2. The number of benzene rings is 2. The molecular formula is C34H39N8O7P. The number of methoxy groups -OCH3 is 1. The van der Waals surface area contributed by atoms with Gasteiger partial charge in [-0.1, -0.05) is 26.0 Å². The number of esters is 1. The fourth-order valence-electron chi connectivity index (χ4n) is 5.85. The predicted octanol–water partition coefficient (Wildman–Crippen LogP) is 4.70. The first-order valence-electron chi connectivity index (χ1n) is 15.9. The van der Waals surface area contributed by atoms with Crippen molar-refractivity contribution in [2.45, 2.75) is 59.1 Å². The largest absolute Gasteiger partial charge is 0.494 e. The van der Waals surface area contributed by atoms with E-state index in [9.17, 15) is 18.9 Å². The molecular weight excluding hydrogens is 663 g/mol. The second kappa shape index (κ2) is 15.0. The van der Waals surface area contributed by atoms with Crippen molar-refractivity contribution in [3.8, 4) is 22.9 Å². The van der Waals surface area contributed by atoms with Gasteiger partial charge in [-0.3, -0.25) is 19.0 Å². The van der Waals surface area contributed by atoms with Crippen LogP contribution in [0.15, 0.2) is 47.6 Å². The normalized spacial score (nSPS) is 13.2. The average Bonchev–Trinajstić information content (AvgIpc) is 3.83. The molecule has 50 heavy (non-hydrogen) atoms. The summed E-state index contributed by atoms with van der Waals surface area (Å²) < 4.78 is 29.6. The molecule has 0 unspecified atom stereocenters. The number of aryl methyl sites for hydroxylation is 3. The van der Waals surface area contributed by atoms with Crippen molar-refractivity contribution >= 4 is 37.8 Å². The van der Waals surface area contributed by atoms with Gasteiger partial charge in [0, 0.05) is 36.2 Å². The second-order valence-corrected chi connectivity index (χ2v) is 13.0. The smallest absolute Gasteiger partial charge is 0.395 e. The molecule has 2 heterocycles. The molecule has 4 aromatic rings. The molecule has 0 atom stereocenters. The Morgan fingerprint density at radius 1 is 1.12 bits per heavy atom. The molecule has 2 amide bonds. The molecule has 262 valence electrons. The number of pyridine rings is 1. The van der Waals surface area contributed by atoms with Gasteiger partial charge in [0.25, 0.3) is 11.8 Å². The molecule has 2 aromatic heterocycles. The molecule has 0 aliphatic heterocycles. The summed E-state index contributed by atoms with van der Waals surface area (Å²) in [6, 6.07) is 10.6. The van der Waals surface area contributed by atoms with Gasteiger partial charge in [0.05, 0.1) is 43.1 Å². The fourth-order valence-corrected chi connectivity index (χ4v) is 6.08. The number of ether oxygens (including phenoxy) is 2. The average molecular weight is 703 g/mol. The quantitative estimate of drug-likeness (QED) is 0.146. The van der Waals surface area contributed by atoms with Crippen molar-refractivity contribution in [3.05, 3.63) is 70.3 Å². The van der Waals surface area contributed by atoms with Gasteiger partial charge in [0.2, 0.25) is 5.82 Å². The fraction of sp³-hybridized carbons (Fsp3) is 0.382. The molecule has 0 bridgehead atoms. The number of hydrogen-bond acceptors (Lipinski definition) is 11. The van der Waals surface area contributed by atoms with Crippen molar-refractivity contribution < 1.29 is 32.9 Å². The first-order valence-corrected chi connectivity index (χ1v) is 16.6. The molecule has 5 rings (SSSR count). The SMILES string of the molecule is CNC(=O)c1cn(COC(=O)CC(C)(C)c2c(C)cc(C)cc2OP=O)/c(=N/C(=O)C2CC2)cc1Nc1cccc(-c2nnn(C)n2)c1OC. The summed E-state index contributed by atoms with van der Waals surface area (Å²) in [7, 11) is 4.14. The number of rotatable bonds is 13. The molecule has 2 aromatic carbocycles. The van der Waals surface area contributed by atoms with E-state index in [0.29, 0.717) is 34.3 Å². The minimum absolute atomic E-state index is 0.0459. The summed E-state index contributed by atoms with van der Waals surface area (Å²) in [4.78, 5) is 45.2. The Labute approximate surface area is 290 Å². The summed E-state index contributed by atoms with van der Waals surface area (Å²) in [5, 5.41) is 18.2. The number of amides is 2. The Hall–Kier alpha value is -5.43. The number of aromatic nitrogens is 5. The number of carbonyl (C=O) groups excluding carboxylic acids is 3. The number of hydrogen-bond donors (Lipinski definition) is 2. The van der Waals surface area contributed by atoms with Crippen LogP contribution in [0.3, 0.4) is 0 Å². The lowest BCUT2D eigenvalue weighted by atomic mass is 9.78. The lowest BCUT2D eigenvalue weighted by molar-refractivity contribution is -0.148. The highest BCUT2D eigenvalue weighted by Gasteiger charge is 2.32. The van der Waals surface area contributed by atoms with Crippen LogP contribution >= 0.6 is 8.69 Å². The molecule has 0 spiro atoms. The Morgan fingerprint density at radius 2 is 1.88 bits per heavy atom. The van der Waals surface area contributed by atoms with Gasteiger partial charge >= 0.3 is 14.7 Å². The zero-order chi connectivity index (χ0) is 36.2. The van der Waals surface area contributed by atoms with Crippen molar-refractivity contribution in [1.29, 1.82) is 0 Å². The second-order valence-electron chi connectivity index (χ2n) is 12.7. The third kappa shape index (κ3) is 8.05. The maximum absolute atomic E-state index is 13.3. The monoisotopic (exact) mass is 702 g/mol. The number of tetrazole rings is 1. The van der Waals surface area contributed by atoms with Crippen LogP contribution in [0.5, 0.6) is 11.5 Å². The Bertz CT molecular complexity index is 2030. The van der Waals surface area contributed by atoms with E-state index < -0.39 is 26.0 Å². The first kappa shape index (κ1) is 35.9. The molecule has 0 radical (unpaired) electrons. The van der Waals surface area contributed by atoms with Crippen LogP contribution in [-0.2, 0) is 38.1 Å². The van der Waals surface area contributed by atoms with E-state index in [-0.39, 0.29) is 36.0 Å². The number of nitrogens with zero attached hydrogens (tertiary/aromatic N) is 6. The van der Waals surface area contributed by atoms with E-state index in [0.717, 1.165) is 29.5 Å². The van der Waals surface area contributed by atoms with E-state index in [1.165, 1.54) is 29.7 Å².